The molecule has 132 valence electrons. The molecule has 0 unspecified atom stereocenters. The number of nitrogens with one attached hydrogen (secondary N) is 1. The van der Waals surface area contributed by atoms with Crippen LogP contribution in [0.15, 0.2) is 54.6 Å². The van der Waals surface area contributed by atoms with Crippen LogP contribution in [0.3, 0.4) is 0 Å². The highest BCUT2D eigenvalue weighted by atomic mass is 16.4. The Labute approximate surface area is 152 Å². The number of aromatic nitrogens is 1. The lowest BCUT2D eigenvalue weighted by Gasteiger charge is -2.21. The van der Waals surface area contributed by atoms with Crippen molar-refractivity contribution in [2.45, 2.75) is 31.6 Å². The Hall–Kier alpha value is -2.88. The number of benzene rings is 2. The molecule has 0 amide bonds. The van der Waals surface area contributed by atoms with Crippen molar-refractivity contribution in [1.29, 1.82) is 0 Å². The first-order valence-corrected chi connectivity index (χ1v) is 8.98. The number of fused-ring (bicyclic) bond motifs is 1. The molecule has 0 atom stereocenters. The van der Waals surface area contributed by atoms with E-state index in [0.717, 1.165) is 47.2 Å². The summed E-state index contributed by atoms with van der Waals surface area (Å²) in [4.78, 5) is 16.0. The number of carbonyl (C=O) groups is 1. The number of rotatable bonds is 6. The molecule has 0 aliphatic heterocycles. The summed E-state index contributed by atoms with van der Waals surface area (Å²) in [5.74, 6) is -0.836. The maximum Gasteiger partial charge on any atom is 0.307 e. The van der Waals surface area contributed by atoms with E-state index in [4.69, 9.17) is 0 Å². The molecule has 0 saturated heterocycles. The third-order valence-corrected chi connectivity index (χ3v) is 5.37. The van der Waals surface area contributed by atoms with Crippen LogP contribution in [0.4, 0.5) is 5.69 Å². The normalized spacial score (nSPS) is 15.0. The zero-order valence-electron chi connectivity index (χ0n) is 14.8. The van der Waals surface area contributed by atoms with E-state index >= 15 is 0 Å². The van der Waals surface area contributed by atoms with Crippen molar-refractivity contribution < 1.29 is 9.90 Å². The lowest BCUT2D eigenvalue weighted by molar-refractivity contribution is -0.136. The predicted molar refractivity (Wildman–Crippen MR) is 104 cm³/mol. The van der Waals surface area contributed by atoms with Gasteiger partial charge >= 0.3 is 5.97 Å². The van der Waals surface area contributed by atoms with Crippen LogP contribution in [0, 0.1) is 6.92 Å². The molecular weight excluding hydrogens is 324 g/mol. The van der Waals surface area contributed by atoms with Gasteiger partial charge in [0.15, 0.2) is 0 Å². The van der Waals surface area contributed by atoms with Gasteiger partial charge in [0.1, 0.15) is 0 Å². The largest absolute Gasteiger partial charge is 0.481 e. The van der Waals surface area contributed by atoms with E-state index in [-0.39, 0.29) is 11.8 Å². The van der Waals surface area contributed by atoms with Gasteiger partial charge in [-0.05, 0) is 31.4 Å². The summed E-state index contributed by atoms with van der Waals surface area (Å²) in [5, 5.41) is 13.9. The van der Waals surface area contributed by atoms with Crippen LogP contribution in [0.5, 0.6) is 0 Å². The number of hydrogen-bond donors (Lipinski definition) is 2. The van der Waals surface area contributed by atoms with Crippen molar-refractivity contribution >= 4 is 22.6 Å². The summed E-state index contributed by atoms with van der Waals surface area (Å²) in [7, 11) is 0. The monoisotopic (exact) mass is 346 g/mol. The summed E-state index contributed by atoms with van der Waals surface area (Å²) in [6.07, 6.45) is 2.28. The zero-order valence-corrected chi connectivity index (χ0v) is 14.8. The van der Waals surface area contributed by atoms with Crippen molar-refractivity contribution in [3.63, 3.8) is 0 Å². The van der Waals surface area contributed by atoms with Crippen molar-refractivity contribution in [2.75, 3.05) is 11.9 Å². The van der Waals surface area contributed by atoms with E-state index < -0.39 is 5.97 Å². The van der Waals surface area contributed by atoms with Crippen LogP contribution < -0.4 is 5.32 Å². The molecule has 4 nitrogen and oxygen atoms in total. The van der Waals surface area contributed by atoms with Crippen LogP contribution in [0.2, 0.25) is 0 Å². The minimum absolute atomic E-state index is 0.0235. The molecule has 1 heterocycles. The Balaban J connectivity index is 1.72. The molecule has 0 radical (unpaired) electrons. The second kappa shape index (κ2) is 6.45. The van der Waals surface area contributed by atoms with E-state index in [1.165, 1.54) is 5.56 Å². The quantitative estimate of drug-likeness (QED) is 0.698. The fourth-order valence-corrected chi connectivity index (χ4v) is 3.71. The van der Waals surface area contributed by atoms with Gasteiger partial charge in [0, 0.05) is 34.3 Å². The molecule has 1 aliphatic carbocycles. The fraction of sp³-hybridized carbons (Fsp3) is 0.273. The minimum atomic E-state index is -0.836. The number of hydrogen-bond acceptors (Lipinski definition) is 3. The SMILES string of the molecule is Cc1nc2ccccc2c(NCC2(c3ccccc3)CC2)c1CC(=O)O. The second-order valence-corrected chi connectivity index (χ2v) is 7.14. The van der Waals surface area contributed by atoms with Gasteiger partial charge < -0.3 is 10.4 Å². The summed E-state index contributed by atoms with van der Waals surface area (Å²) < 4.78 is 0. The molecule has 0 spiro atoms. The lowest BCUT2D eigenvalue weighted by Crippen LogP contribution is -2.21. The number of carboxylic acids is 1. The van der Waals surface area contributed by atoms with Crippen molar-refractivity contribution in [3.8, 4) is 0 Å². The molecule has 4 heteroatoms. The van der Waals surface area contributed by atoms with Crippen LogP contribution in [0.1, 0.15) is 29.7 Å². The molecule has 1 saturated carbocycles. The Morgan fingerprint density at radius 1 is 1.12 bits per heavy atom. The Morgan fingerprint density at radius 3 is 2.50 bits per heavy atom. The first-order chi connectivity index (χ1) is 12.6. The highest BCUT2D eigenvalue weighted by Crippen LogP contribution is 2.48. The number of anilines is 1. The van der Waals surface area contributed by atoms with Crippen LogP contribution in [-0.2, 0) is 16.6 Å². The molecule has 1 aromatic heterocycles. The highest BCUT2D eigenvalue weighted by molar-refractivity contribution is 5.94. The summed E-state index contributed by atoms with van der Waals surface area (Å²) >= 11 is 0. The van der Waals surface area contributed by atoms with E-state index in [0.29, 0.717) is 0 Å². The zero-order chi connectivity index (χ0) is 18.1. The van der Waals surface area contributed by atoms with Crippen LogP contribution >= 0.6 is 0 Å². The van der Waals surface area contributed by atoms with Gasteiger partial charge in [-0.3, -0.25) is 9.78 Å². The van der Waals surface area contributed by atoms with E-state index in [2.05, 4.69) is 34.6 Å². The number of pyridine rings is 1. The first-order valence-electron chi connectivity index (χ1n) is 8.98. The van der Waals surface area contributed by atoms with Crippen LogP contribution in [0.25, 0.3) is 10.9 Å². The predicted octanol–water partition coefficient (Wildman–Crippen LogP) is 4.31. The van der Waals surface area contributed by atoms with Crippen LogP contribution in [-0.4, -0.2) is 22.6 Å². The van der Waals surface area contributed by atoms with E-state index in [1.54, 1.807) is 0 Å². The average Bonchev–Trinajstić information content (AvgIpc) is 3.43. The maximum atomic E-state index is 11.4. The maximum absolute atomic E-state index is 11.4. The number of nitrogens with zero attached hydrogens (tertiary/aromatic N) is 1. The minimum Gasteiger partial charge on any atom is -0.481 e. The van der Waals surface area contributed by atoms with Gasteiger partial charge in [-0.2, -0.15) is 0 Å². The Morgan fingerprint density at radius 2 is 1.81 bits per heavy atom. The molecule has 26 heavy (non-hydrogen) atoms. The Bertz CT molecular complexity index is 963. The molecule has 1 aliphatic rings. The van der Waals surface area contributed by atoms with Gasteiger partial charge in [0.05, 0.1) is 11.9 Å². The molecule has 1 fully saturated rings. The van der Waals surface area contributed by atoms with E-state index in [9.17, 15) is 9.90 Å². The first kappa shape index (κ1) is 16.6. The number of aryl methyl sites for hydroxylation is 1. The van der Waals surface area contributed by atoms with Gasteiger partial charge in [-0.25, -0.2) is 0 Å². The topological polar surface area (TPSA) is 62.2 Å². The Kier molecular flexibility index (Phi) is 4.11. The van der Waals surface area contributed by atoms with E-state index in [1.807, 2.05) is 37.3 Å². The summed E-state index contributed by atoms with van der Waals surface area (Å²) in [6.45, 7) is 2.69. The van der Waals surface area contributed by atoms with Crippen molar-refractivity contribution in [2.24, 2.45) is 0 Å². The van der Waals surface area contributed by atoms with Crippen molar-refractivity contribution in [1.82, 2.24) is 4.98 Å². The molecule has 2 aromatic carbocycles. The molecule has 4 rings (SSSR count). The van der Waals surface area contributed by atoms with Gasteiger partial charge in [0.2, 0.25) is 0 Å². The van der Waals surface area contributed by atoms with Crippen molar-refractivity contribution in [3.05, 3.63) is 71.4 Å². The molecule has 2 N–H and O–H groups in total. The highest BCUT2D eigenvalue weighted by Gasteiger charge is 2.44. The lowest BCUT2D eigenvalue weighted by atomic mass is 9.95. The van der Waals surface area contributed by atoms with Gasteiger partial charge in [-0.15, -0.1) is 0 Å². The molecule has 0 bridgehead atoms. The smallest absolute Gasteiger partial charge is 0.307 e. The fourth-order valence-electron chi connectivity index (χ4n) is 3.71. The standard InChI is InChI=1S/C22H22N2O2/c1-15-18(13-20(25)26)21(17-9-5-6-10-19(17)24-15)23-14-22(11-12-22)16-7-3-2-4-8-16/h2-10H,11-14H2,1H3,(H,23,24)(H,25,26). The molecular formula is C22H22N2O2. The number of carboxylic acid groups (broad SMARTS) is 1. The third-order valence-electron chi connectivity index (χ3n) is 5.37. The summed E-state index contributed by atoms with van der Waals surface area (Å²) in [5.41, 5.74) is 4.87. The van der Waals surface area contributed by atoms with Gasteiger partial charge in [-0.1, -0.05) is 48.5 Å². The second-order valence-electron chi connectivity index (χ2n) is 7.14. The number of para-hydroxylation sites is 1. The van der Waals surface area contributed by atoms with Gasteiger partial charge in [0.25, 0.3) is 0 Å². The third kappa shape index (κ3) is 3.03. The summed E-state index contributed by atoms with van der Waals surface area (Å²) in [6, 6.07) is 18.5. The molecule has 3 aromatic rings. The average molecular weight is 346 g/mol. The number of aliphatic carboxylic acids is 1.